The molecule has 0 atom stereocenters. The second kappa shape index (κ2) is 5.87. The molecule has 0 unspecified atom stereocenters. The highest BCUT2D eigenvalue weighted by Gasteiger charge is 2.03. The third kappa shape index (κ3) is 3.46. The monoisotopic (exact) mass is 254 g/mol. The maximum Gasteiger partial charge on any atom is 0.151 e. The Morgan fingerprint density at radius 1 is 1.37 bits per heavy atom. The van der Waals surface area contributed by atoms with Crippen LogP contribution in [-0.4, -0.2) is 16.7 Å². The Morgan fingerprint density at radius 2 is 2.21 bits per heavy atom. The molecule has 2 aromatic rings. The number of nitrogens with zero attached hydrogens (tertiary/aromatic N) is 2. The fourth-order valence-corrected chi connectivity index (χ4v) is 1.70. The van der Waals surface area contributed by atoms with Crippen LogP contribution in [0.4, 0.5) is 0 Å². The van der Waals surface area contributed by atoms with Crippen molar-refractivity contribution in [1.29, 1.82) is 5.26 Å². The van der Waals surface area contributed by atoms with E-state index in [4.69, 9.17) is 10.00 Å². The Hall–Kier alpha value is -2.54. The predicted octanol–water partition coefficient (Wildman–Crippen LogP) is 2.59. The topological polar surface area (TPSA) is 66.1 Å². The summed E-state index contributed by atoms with van der Waals surface area (Å²) in [5.74, 6) is 0.727. The molecule has 1 aromatic heterocycles. The maximum absolute atomic E-state index is 9.35. The Kier molecular flexibility index (Phi) is 3.99. The molecule has 0 saturated heterocycles. The minimum Gasteiger partial charge on any atom is -0.505 e. The smallest absolute Gasteiger partial charge is 0.151 e. The van der Waals surface area contributed by atoms with Crippen LogP contribution in [0.5, 0.6) is 11.5 Å². The number of nitriles is 1. The lowest BCUT2D eigenvalue weighted by Gasteiger charge is -2.07. The van der Waals surface area contributed by atoms with E-state index in [1.807, 2.05) is 37.3 Å². The first-order valence-electron chi connectivity index (χ1n) is 5.96. The van der Waals surface area contributed by atoms with Gasteiger partial charge in [0.1, 0.15) is 11.8 Å². The van der Waals surface area contributed by atoms with Gasteiger partial charge in [-0.1, -0.05) is 12.1 Å². The summed E-state index contributed by atoms with van der Waals surface area (Å²) < 4.78 is 5.61. The fraction of sp³-hybridized carbons (Fsp3) is 0.200. The SMILES string of the molecule is Cc1cccc(OCCc2cc(C#N)c(O)cn2)c1. The molecule has 4 nitrogen and oxygen atoms in total. The molecule has 0 fully saturated rings. The van der Waals surface area contributed by atoms with Crippen molar-refractivity contribution in [2.45, 2.75) is 13.3 Å². The molecule has 1 heterocycles. The van der Waals surface area contributed by atoms with Crippen LogP contribution in [0.3, 0.4) is 0 Å². The van der Waals surface area contributed by atoms with Gasteiger partial charge in [-0.15, -0.1) is 0 Å². The summed E-state index contributed by atoms with van der Waals surface area (Å²) in [6.07, 6.45) is 1.88. The van der Waals surface area contributed by atoms with E-state index in [0.717, 1.165) is 17.0 Å². The molecule has 0 spiro atoms. The lowest BCUT2D eigenvalue weighted by molar-refractivity contribution is 0.320. The molecule has 0 radical (unpaired) electrons. The van der Waals surface area contributed by atoms with Crippen LogP contribution < -0.4 is 4.74 Å². The molecule has 1 aromatic carbocycles. The third-order valence-corrected chi connectivity index (χ3v) is 2.68. The summed E-state index contributed by atoms with van der Waals surface area (Å²) in [5, 5.41) is 18.2. The summed E-state index contributed by atoms with van der Waals surface area (Å²) in [6.45, 7) is 2.49. The van der Waals surface area contributed by atoms with Crippen LogP contribution in [0, 0.1) is 18.3 Å². The maximum atomic E-state index is 9.35. The average Bonchev–Trinajstić information content (AvgIpc) is 2.41. The molecule has 0 bridgehead atoms. The standard InChI is InChI=1S/C15H14N2O2/c1-11-3-2-4-14(7-11)19-6-5-13-8-12(9-16)15(18)10-17-13/h2-4,7-8,10,18H,5-6H2,1H3. The van der Waals surface area contributed by atoms with E-state index >= 15 is 0 Å². The minimum atomic E-state index is -0.0918. The van der Waals surface area contributed by atoms with Gasteiger partial charge in [0.05, 0.1) is 18.4 Å². The van der Waals surface area contributed by atoms with E-state index < -0.39 is 0 Å². The molecule has 0 saturated carbocycles. The molecular weight excluding hydrogens is 240 g/mol. The molecule has 96 valence electrons. The highest BCUT2D eigenvalue weighted by atomic mass is 16.5. The first kappa shape index (κ1) is 12.9. The van der Waals surface area contributed by atoms with Crippen molar-refractivity contribution in [1.82, 2.24) is 4.98 Å². The molecule has 4 heteroatoms. The van der Waals surface area contributed by atoms with Crippen molar-refractivity contribution in [2.75, 3.05) is 6.61 Å². The second-order valence-electron chi connectivity index (χ2n) is 4.22. The molecule has 0 aliphatic heterocycles. The van der Waals surface area contributed by atoms with Crippen LogP contribution >= 0.6 is 0 Å². The summed E-state index contributed by atoms with van der Waals surface area (Å²) >= 11 is 0. The van der Waals surface area contributed by atoms with Crippen LogP contribution in [-0.2, 0) is 6.42 Å². The number of aromatic hydroxyl groups is 1. The highest BCUT2D eigenvalue weighted by Crippen LogP contribution is 2.16. The van der Waals surface area contributed by atoms with Crippen molar-refractivity contribution in [3.63, 3.8) is 0 Å². The fourth-order valence-electron chi connectivity index (χ4n) is 1.70. The van der Waals surface area contributed by atoms with Crippen molar-refractivity contribution < 1.29 is 9.84 Å². The number of hydrogen-bond donors (Lipinski definition) is 1. The summed E-state index contributed by atoms with van der Waals surface area (Å²) in [7, 11) is 0. The normalized spacial score (nSPS) is 9.89. The number of aromatic nitrogens is 1. The van der Waals surface area contributed by atoms with Gasteiger partial charge in [0.25, 0.3) is 0 Å². The van der Waals surface area contributed by atoms with Gasteiger partial charge >= 0.3 is 0 Å². The van der Waals surface area contributed by atoms with Crippen LogP contribution in [0.1, 0.15) is 16.8 Å². The van der Waals surface area contributed by atoms with Gasteiger partial charge in [0.15, 0.2) is 5.75 Å². The molecular formula is C15H14N2O2. The third-order valence-electron chi connectivity index (χ3n) is 2.68. The zero-order valence-corrected chi connectivity index (χ0v) is 10.6. The van der Waals surface area contributed by atoms with E-state index in [9.17, 15) is 5.11 Å². The van der Waals surface area contributed by atoms with Crippen molar-refractivity contribution >= 4 is 0 Å². The zero-order chi connectivity index (χ0) is 13.7. The highest BCUT2D eigenvalue weighted by molar-refractivity contribution is 5.41. The van der Waals surface area contributed by atoms with Gasteiger partial charge < -0.3 is 9.84 Å². The van der Waals surface area contributed by atoms with Crippen LogP contribution in [0.2, 0.25) is 0 Å². The number of ether oxygens (including phenoxy) is 1. The lowest BCUT2D eigenvalue weighted by Crippen LogP contribution is -2.03. The quantitative estimate of drug-likeness (QED) is 0.910. The van der Waals surface area contributed by atoms with Crippen molar-refractivity contribution in [3.05, 3.63) is 53.3 Å². The first-order chi connectivity index (χ1) is 9.19. The van der Waals surface area contributed by atoms with E-state index in [0.29, 0.717) is 13.0 Å². The molecule has 2 rings (SSSR count). The summed E-state index contributed by atoms with van der Waals surface area (Å²) in [6, 6.07) is 11.3. The lowest BCUT2D eigenvalue weighted by atomic mass is 10.2. The Bertz CT molecular complexity index is 618. The number of hydrogen-bond acceptors (Lipinski definition) is 4. The largest absolute Gasteiger partial charge is 0.505 e. The number of rotatable bonds is 4. The van der Waals surface area contributed by atoms with Gasteiger partial charge in [0, 0.05) is 12.1 Å². The molecule has 19 heavy (non-hydrogen) atoms. The Balaban J connectivity index is 1.95. The predicted molar refractivity (Wildman–Crippen MR) is 71.0 cm³/mol. The average molecular weight is 254 g/mol. The van der Waals surface area contributed by atoms with Gasteiger partial charge in [0.2, 0.25) is 0 Å². The first-order valence-corrected chi connectivity index (χ1v) is 5.96. The van der Waals surface area contributed by atoms with E-state index in [-0.39, 0.29) is 11.3 Å². The summed E-state index contributed by atoms with van der Waals surface area (Å²) in [5.41, 5.74) is 2.11. The van der Waals surface area contributed by atoms with Crippen LogP contribution in [0.15, 0.2) is 36.5 Å². The zero-order valence-electron chi connectivity index (χ0n) is 10.6. The van der Waals surface area contributed by atoms with Crippen LogP contribution in [0.25, 0.3) is 0 Å². The van der Waals surface area contributed by atoms with Gasteiger partial charge in [-0.3, -0.25) is 4.98 Å². The Labute approximate surface area is 111 Å². The Morgan fingerprint density at radius 3 is 2.95 bits per heavy atom. The van der Waals surface area contributed by atoms with Crippen molar-refractivity contribution in [3.8, 4) is 17.6 Å². The molecule has 1 N–H and O–H groups in total. The number of pyridine rings is 1. The van der Waals surface area contributed by atoms with Gasteiger partial charge in [-0.2, -0.15) is 5.26 Å². The van der Waals surface area contributed by atoms with Gasteiger partial charge in [-0.05, 0) is 30.7 Å². The van der Waals surface area contributed by atoms with Gasteiger partial charge in [-0.25, -0.2) is 0 Å². The molecule has 0 aliphatic rings. The van der Waals surface area contributed by atoms with E-state index in [1.54, 1.807) is 6.07 Å². The molecule has 0 aliphatic carbocycles. The van der Waals surface area contributed by atoms with E-state index in [1.165, 1.54) is 6.20 Å². The summed E-state index contributed by atoms with van der Waals surface area (Å²) in [4.78, 5) is 4.05. The number of benzene rings is 1. The molecule has 0 amide bonds. The minimum absolute atomic E-state index is 0.0918. The second-order valence-corrected chi connectivity index (χ2v) is 4.22. The number of aryl methyl sites for hydroxylation is 1. The van der Waals surface area contributed by atoms with E-state index in [2.05, 4.69) is 4.98 Å². The van der Waals surface area contributed by atoms with Crippen molar-refractivity contribution in [2.24, 2.45) is 0 Å².